The molecular formula is C6H9F5S. The predicted molar refractivity (Wildman–Crippen MR) is 39.7 cm³/mol. The molecule has 12 heavy (non-hydrogen) atoms. The number of rotatable bonds is 1. The third kappa shape index (κ3) is 2.36. The van der Waals surface area contributed by atoms with Crippen molar-refractivity contribution in [3.8, 4) is 0 Å². The third-order valence-electron chi connectivity index (χ3n) is 1.74. The van der Waals surface area contributed by atoms with E-state index in [1.807, 2.05) is 0 Å². The highest BCUT2D eigenvalue weighted by Gasteiger charge is 2.66. The molecule has 74 valence electrons. The van der Waals surface area contributed by atoms with E-state index >= 15 is 0 Å². The van der Waals surface area contributed by atoms with Gasteiger partial charge in [-0.1, -0.05) is 25.5 Å². The minimum atomic E-state index is -9.29. The van der Waals surface area contributed by atoms with Gasteiger partial charge in [0, 0.05) is 0 Å². The van der Waals surface area contributed by atoms with Gasteiger partial charge in [-0.05, 0) is 25.7 Å². The van der Waals surface area contributed by atoms with Crippen LogP contribution < -0.4 is 0 Å². The molecule has 0 saturated heterocycles. The Hall–Kier alpha value is -0.260. The summed E-state index contributed by atoms with van der Waals surface area (Å²) in [5.74, 6) is 0. The van der Waals surface area contributed by atoms with E-state index in [-0.39, 0.29) is 12.8 Å². The maximum absolute atomic E-state index is 12.0. The van der Waals surface area contributed by atoms with Gasteiger partial charge in [0.1, 0.15) is 0 Å². The van der Waals surface area contributed by atoms with Gasteiger partial charge in [-0.15, -0.1) is 0 Å². The molecule has 1 rings (SSSR count). The minimum Gasteiger partial charge on any atom is -0.0939 e. The number of allylic oxidation sites excluding steroid dienone is 2. The molecule has 0 aromatic rings. The first-order valence-corrected chi connectivity index (χ1v) is 5.48. The molecule has 0 amide bonds. The first-order chi connectivity index (χ1) is 5.09. The van der Waals surface area contributed by atoms with Crippen LogP contribution in [0.4, 0.5) is 19.4 Å². The number of halogens is 5. The second kappa shape index (κ2) is 1.97. The fourth-order valence-electron chi connectivity index (χ4n) is 1.16. The van der Waals surface area contributed by atoms with Crippen molar-refractivity contribution >= 4 is 10.2 Å². The van der Waals surface area contributed by atoms with E-state index in [4.69, 9.17) is 0 Å². The Bertz CT molecular complexity index is 222. The first-order valence-electron chi connectivity index (χ1n) is 3.53. The Morgan fingerprint density at radius 2 is 1.58 bits per heavy atom. The number of hydrogen-bond acceptors (Lipinski definition) is 0. The van der Waals surface area contributed by atoms with Crippen LogP contribution in [0.3, 0.4) is 0 Å². The van der Waals surface area contributed by atoms with Crippen LogP contribution in [0.5, 0.6) is 0 Å². The molecule has 0 radical (unpaired) electrons. The van der Waals surface area contributed by atoms with Crippen molar-refractivity contribution in [3.63, 3.8) is 0 Å². The van der Waals surface area contributed by atoms with E-state index in [1.54, 1.807) is 0 Å². The quantitative estimate of drug-likeness (QED) is 0.546. The predicted octanol–water partition coefficient (Wildman–Crippen LogP) is 4.74. The lowest BCUT2D eigenvalue weighted by Crippen LogP contribution is -2.11. The Morgan fingerprint density at radius 1 is 1.00 bits per heavy atom. The molecule has 0 aromatic carbocycles. The van der Waals surface area contributed by atoms with E-state index in [0.29, 0.717) is 12.5 Å². The van der Waals surface area contributed by atoms with Crippen molar-refractivity contribution < 1.29 is 19.4 Å². The summed E-state index contributed by atoms with van der Waals surface area (Å²) in [4.78, 5) is -1.58. The second-order valence-electron chi connectivity index (χ2n) is 2.89. The summed E-state index contributed by atoms with van der Waals surface area (Å²) in [5.41, 5.74) is 0. The third-order valence-corrected chi connectivity index (χ3v) is 3.11. The zero-order chi connectivity index (χ0) is 9.52. The van der Waals surface area contributed by atoms with Crippen LogP contribution in [0, 0.1) is 0 Å². The lowest BCUT2D eigenvalue weighted by molar-refractivity contribution is 0.373. The van der Waals surface area contributed by atoms with E-state index < -0.39 is 21.5 Å². The van der Waals surface area contributed by atoms with Gasteiger partial charge in [0.05, 0.1) is 4.91 Å². The molecule has 0 aliphatic heterocycles. The average molecular weight is 208 g/mol. The Morgan fingerprint density at radius 3 is 1.83 bits per heavy atom. The smallest absolute Gasteiger partial charge is 0.0939 e. The molecule has 1 aliphatic carbocycles. The monoisotopic (exact) mass is 208 g/mol. The van der Waals surface area contributed by atoms with Crippen LogP contribution in [-0.4, -0.2) is 0 Å². The fourth-order valence-corrected chi connectivity index (χ4v) is 2.12. The zero-order valence-corrected chi connectivity index (χ0v) is 7.02. The highest BCUT2D eigenvalue weighted by molar-refractivity contribution is 8.48. The SMILES string of the molecule is FS(F)(F)(F)(F)C1=CCCCC1. The van der Waals surface area contributed by atoms with Crippen molar-refractivity contribution in [1.82, 2.24) is 0 Å². The van der Waals surface area contributed by atoms with Gasteiger partial charge in [0.25, 0.3) is 0 Å². The van der Waals surface area contributed by atoms with Crippen molar-refractivity contribution in [2.45, 2.75) is 25.7 Å². The molecule has 0 heterocycles. The summed E-state index contributed by atoms with van der Waals surface area (Å²) in [7, 11) is -9.29. The van der Waals surface area contributed by atoms with Crippen molar-refractivity contribution in [3.05, 3.63) is 11.0 Å². The molecule has 1 aliphatic rings. The second-order valence-corrected chi connectivity index (χ2v) is 5.35. The van der Waals surface area contributed by atoms with Crippen molar-refractivity contribution in [2.75, 3.05) is 0 Å². The van der Waals surface area contributed by atoms with E-state index in [9.17, 15) is 19.4 Å². The van der Waals surface area contributed by atoms with Gasteiger partial charge in [-0.25, -0.2) is 0 Å². The van der Waals surface area contributed by atoms with E-state index in [2.05, 4.69) is 0 Å². The normalized spacial score (nSPS) is 25.6. The standard InChI is InChI=1S/C6H9F5S/c7-12(8,9,10,11)6-4-2-1-3-5-6/h4H,1-3,5H2. The lowest BCUT2D eigenvalue weighted by atomic mass is 10.1. The molecule has 0 unspecified atom stereocenters. The maximum atomic E-state index is 12.0. The van der Waals surface area contributed by atoms with Gasteiger partial charge in [0.15, 0.2) is 0 Å². The van der Waals surface area contributed by atoms with Gasteiger partial charge >= 0.3 is 10.2 Å². The summed E-state index contributed by atoms with van der Waals surface area (Å²) in [5, 5.41) is 0. The maximum Gasteiger partial charge on any atom is 0.306 e. The molecule has 0 atom stereocenters. The molecule has 0 saturated carbocycles. The van der Waals surface area contributed by atoms with Crippen molar-refractivity contribution in [2.24, 2.45) is 0 Å². The minimum absolute atomic E-state index is 0.112. The van der Waals surface area contributed by atoms with Gasteiger partial charge in [-0.3, -0.25) is 0 Å². The van der Waals surface area contributed by atoms with Gasteiger partial charge < -0.3 is 0 Å². The largest absolute Gasteiger partial charge is 0.306 e. The molecule has 6 heteroatoms. The molecule has 0 spiro atoms. The summed E-state index contributed by atoms with van der Waals surface area (Å²) in [6.07, 6.45) is 0.985. The number of hydrogen-bond donors (Lipinski definition) is 0. The molecule has 0 bridgehead atoms. The lowest BCUT2D eigenvalue weighted by Gasteiger charge is -2.43. The fraction of sp³-hybridized carbons (Fsp3) is 0.667. The molecule has 0 nitrogen and oxygen atoms in total. The van der Waals surface area contributed by atoms with Crippen LogP contribution in [0.25, 0.3) is 0 Å². The first kappa shape index (κ1) is 9.83. The van der Waals surface area contributed by atoms with Crippen LogP contribution in [0.1, 0.15) is 25.7 Å². The van der Waals surface area contributed by atoms with Gasteiger partial charge in [-0.2, -0.15) is 0 Å². The molecule has 0 N–H and O–H groups in total. The van der Waals surface area contributed by atoms with Gasteiger partial charge in [0.2, 0.25) is 0 Å². The molecule has 0 fully saturated rings. The van der Waals surface area contributed by atoms with Crippen molar-refractivity contribution in [1.29, 1.82) is 0 Å². The summed E-state index contributed by atoms with van der Waals surface area (Å²) >= 11 is 0. The zero-order valence-electron chi connectivity index (χ0n) is 6.20. The highest BCUT2D eigenvalue weighted by Crippen LogP contribution is 3.02. The van der Waals surface area contributed by atoms with Crippen LogP contribution in [0.2, 0.25) is 0 Å². The average Bonchev–Trinajstić information content (AvgIpc) is 1.85. The summed E-state index contributed by atoms with van der Waals surface area (Å²) in [6, 6.07) is 0. The highest BCUT2D eigenvalue weighted by atomic mass is 32.5. The van der Waals surface area contributed by atoms with Crippen LogP contribution in [0.15, 0.2) is 11.0 Å². The van der Waals surface area contributed by atoms with E-state index in [0.717, 1.165) is 0 Å². The topological polar surface area (TPSA) is 0 Å². The Labute approximate surface area is 67.2 Å². The van der Waals surface area contributed by atoms with Crippen LogP contribution in [-0.2, 0) is 0 Å². The Balaban J connectivity index is 3.04. The summed E-state index contributed by atoms with van der Waals surface area (Å²) < 4.78 is 60.2. The Kier molecular flexibility index (Phi) is 1.61. The van der Waals surface area contributed by atoms with Crippen LogP contribution >= 0.6 is 10.2 Å². The molecule has 0 aromatic heterocycles. The summed E-state index contributed by atoms with van der Waals surface area (Å²) in [6.45, 7) is 0. The van der Waals surface area contributed by atoms with E-state index in [1.165, 1.54) is 0 Å². The molecular weight excluding hydrogens is 199 g/mol.